The highest BCUT2D eigenvalue weighted by Crippen LogP contribution is 2.30. The van der Waals surface area contributed by atoms with Gasteiger partial charge >= 0.3 is 0 Å². The maximum absolute atomic E-state index is 12.2. The fourth-order valence-corrected chi connectivity index (χ4v) is 3.70. The van der Waals surface area contributed by atoms with Gasteiger partial charge in [-0.3, -0.25) is 9.59 Å². The van der Waals surface area contributed by atoms with Crippen LogP contribution in [-0.4, -0.2) is 16.8 Å². The van der Waals surface area contributed by atoms with E-state index < -0.39 is 0 Å². The minimum atomic E-state index is -0.0603. The third-order valence-corrected chi connectivity index (χ3v) is 5.36. The zero-order valence-electron chi connectivity index (χ0n) is 14.2. The summed E-state index contributed by atoms with van der Waals surface area (Å²) in [5.41, 5.74) is 2.38. The average molecular weight is 365 g/mol. The molecule has 0 spiro atoms. The molecule has 0 bridgehead atoms. The number of nitrogens with one attached hydrogen (secondary N) is 2. The fourth-order valence-electron chi connectivity index (χ4n) is 2.74. The second-order valence-electron chi connectivity index (χ2n) is 6.47. The summed E-state index contributed by atoms with van der Waals surface area (Å²) in [6.45, 7) is 0. The number of hydrogen-bond acceptors (Lipinski definition) is 4. The van der Waals surface area contributed by atoms with Crippen molar-refractivity contribution >= 4 is 44.7 Å². The van der Waals surface area contributed by atoms with E-state index in [1.807, 2.05) is 42.5 Å². The lowest BCUT2D eigenvalue weighted by Crippen LogP contribution is -2.15. The molecule has 1 aliphatic rings. The molecule has 0 atom stereocenters. The van der Waals surface area contributed by atoms with Gasteiger partial charge in [-0.1, -0.05) is 18.2 Å². The molecule has 0 radical (unpaired) electrons. The number of aromatic nitrogens is 1. The molecule has 2 N–H and O–H groups in total. The number of para-hydroxylation sites is 1. The van der Waals surface area contributed by atoms with Crippen molar-refractivity contribution < 1.29 is 9.59 Å². The minimum Gasteiger partial charge on any atom is -0.326 e. The maximum atomic E-state index is 12.2. The first-order chi connectivity index (χ1) is 12.7. The number of thiazole rings is 1. The SMILES string of the molecule is O=C(CCc1nc2ccccc2s1)Nc1cccc(NC(=O)C2CC2)c1. The molecule has 0 aliphatic heterocycles. The van der Waals surface area contributed by atoms with Crippen LogP contribution in [0.3, 0.4) is 0 Å². The van der Waals surface area contributed by atoms with E-state index in [2.05, 4.69) is 15.6 Å². The highest BCUT2D eigenvalue weighted by atomic mass is 32.1. The van der Waals surface area contributed by atoms with Crippen molar-refractivity contribution in [2.45, 2.75) is 25.7 Å². The van der Waals surface area contributed by atoms with Crippen LogP contribution in [0, 0.1) is 5.92 Å². The van der Waals surface area contributed by atoms with Gasteiger partial charge in [0, 0.05) is 30.1 Å². The van der Waals surface area contributed by atoms with E-state index in [4.69, 9.17) is 0 Å². The highest BCUT2D eigenvalue weighted by Gasteiger charge is 2.29. The zero-order chi connectivity index (χ0) is 17.9. The summed E-state index contributed by atoms with van der Waals surface area (Å²) < 4.78 is 1.14. The van der Waals surface area contributed by atoms with Gasteiger partial charge in [-0.15, -0.1) is 11.3 Å². The van der Waals surface area contributed by atoms with Crippen molar-refractivity contribution in [3.8, 4) is 0 Å². The van der Waals surface area contributed by atoms with Gasteiger partial charge in [-0.25, -0.2) is 4.98 Å². The quantitative estimate of drug-likeness (QED) is 0.687. The maximum Gasteiger partial charge on any atom is 0.227 e. The Labute approximate surface area is 155 Å². The minimum absolute atomic E-state index is 0.0595. The Kier molecular flexibility index (Phi) is 4.67. The number of carbonyl (C=O) groups is 2. The average Bonchev–Trinajstić information content (AvgIpc) is 3.40. The van der Waals surface area contributed by atoms with Gasteiger partial charge in [0.25, 0.3) is 0 Å². The summed E-state index contributed by atoms with van der Waals surface area (Å²) in [5.74, 6) is 0.154. The number of fused-ring (bicyclic) bond motifs is 1. The number of aryl methyl sites for hydroxylation is 1. The molecule has 1 saturated carbocycles. The van der Waals surface area contributed by atoms with E-state index in [0.717, 1.165) is 28.1 Å². The predicted molar refractivity (Wildman–Crippen MR) is 104 cm³/mol. The smallest absolute Gasteiger partial charge is 0.227 e. The number of benzene rings is 2. The molecule has 2 aromatic carbocycles. The summed E-state index contributed by atoms with van der Waals surface area (Å²) in [7, 11) is 0. The number of nitrogens with zero attached hydrogens (tertiary/aromatic N) is 1. The Bertz CT molecular complexity index is 929. The molecule has 1 fully saturated rings. The van der Waals surface area contributed by atoms with E-state index in [0.29, 0.717) is 24.2 Å². The molecule has 5 nitrogen and oxygen atoms in total. The van der Waals surface area contributed by atoms with Crippen LogP contribution in [0.15, 0.2) is 48.5 Å². The Morgan fingerprint density at radius 3 is 2.58 bits per heavy atom. The summed E-state index contributed by atoms with van der Waals surface area (Å²) in [4.78, 5) is 28.6. The number of anilines is 2. The van der Waals surface area contributed by atoms with Crippen LogP contribution >= 0.6 is 11.3 Å². The molecule has 1 aliphatic carbocycles. The van der Waals surface area contributed by atoms with Gasteiger partial charge in [0.05, 0.1) is 15.2 Å². The molecule has 6 heteroatoms. The summed E-state index contributed by atoms with van der Waals surface area (Å²) in [6.07, 6.45) is 2.92. The lowest BCUT2D eigenvalue weighted by atomic mass is 10.2. The van der Waals surface area contributed by atoms with Crippen molar-refractivity contribution in [1.82, 2.24) is 4.98 Å². The molecular weight excluding hydrogens is 346 g/mol. The van der Waals surface area contributed by atoms with Crippen LogP contribution in [0.2, 0.25) is 0 Å². The number of carbonyl (C=O) groups excluding carboxylic acids is 2. The van der Waals surface area contributed by atoms with Crippen LogP contribution in [0.4, 0.5) is 11.4 Å². The third kappa shape index (κ3) is 4.08. The van der Waals surface area contributed by atoms with Crippen molar-refractivity contribution in [2.75, 3.05) is 10.6 Å². The van der Waals surface area contributed by atoms with Crippen molar-refractivity contribution in [3.05, 3.63) is 53.5 Å². The van der Waals surface area contributed by atoms with Crippen LogP contribution in [0.25, 0.3) is 10.2 Å². The van der Waals surface area contributed by atoms with Gasteiger partial charge < -0.3 is 10.6 Å². The van der Waals surface area contributed by atoms with Crippen molar-refractivity contribution in [3.63, 3.8) is 0 Å². The monoisotopic (exact) mass is 365 g/mol. The Hall–Kier alpha value is -2.73. The van der Waals surface area contributed by atoms with Gasteiger partial charge in [-0.05, 0) is 43.2 Å². The number of rotatable bonds is 6. The largest absolute Gasteiger partial charge is 0.326 e. The molecule has 4 rings (SSSR count). The normalized spacial score (nSPS) is 13.5. The van der Waals surface area contributed by atoms with E-state index in [9.17, 15) is 9.59 Å². The lowest BCUT2D eigenvalue weighted by molar-refractivity contribution is -0.117. The molecule has 132 valence electrons. The standard InChI is InChI=1S/C20H19N3O2S/c24-18(10-11-19-23-16-6-1-2-7-17(16)26-19)21-14-4-3-5-15(12-14)22-20(25)13-8-9-13/h1-7,12-13H,8-11H2,(H,21,24)(H,22,25). The Balaban J connectivity index is 1.33. The predicted octanol–water partition coefficient (Wildman–Crippen LogP) is 4.22. The molecule has 3 aromatic rings. The van der Waals surface area contributed by atoms with Gasteiger partial charge in [0.1, 0.15) is 0 Å². The fraction of sp³-hybridized carbons (Fsp3) is 0.250. The van der Waals surface area contributed by atoms with Crippen LogP contribution < -0.4 is 10.6 Å². The first-order valence-electron chi connectivity index (χ1n) is 8.72. The first kappa shape index (κ1) is 16.7. The number of hydrogen-bond donors (Lipinski definition) is 2. The summed E-state index contributed by atoms with van der Waals surface area (Å²) in [6, 6.07) is 15.2. The molecule has 1 heterocycles. The Morgan fingerprint density at radius 1 is 1.04 bits per heavy atom. The molecule has 0 saturated heterocycles. The van der Waals surface area contributed by atoms with Gasteiger partial charge in [0.2, 0.25) is 11.8 Å². The molecule has 2 amide bonds. The zero-order valence-corrected chi connectivity index (χ0v) is 15.0. The summed E-state index contributed by atoms with van der Waals surface area (Å²) in [5, 5.41) is 6.75. The molecule has 26 heavy (non-hydrogen) atoms. The molecule has 0 unspecified atom stereocenters. The Morgan fingerprint density at radius 2 is 1.81 bits per heavy atom. The van der Waals surface area contributed by atoms with Crippen LogP contribution in [0.5, 0.6) is 0 Å². The van der Waals surface area contributed by atoms with Crippen molar-refractivity contribution in [2.24, 2.45) is 5.92 Å². The lowest BCUT2D eigenvalue weighted by Gasteiger charge is -2.08. The number of amides is 2. The van der Waals surface area contributed by atoms with E-state index in [1.165, 1.54) is 0 Å². The van der Waals surface area contributed by atoms with Gasteiger partial charge in [-0.2, -0.15) is 0 Å². The van der Waals surface area contributed by atoms with E-state index in [-0.39, 0.29) is 17.7 Å². The van der Waals surface area contributed by atoms with Crippen molar-refractivity contribution in [1.29, 1.82) is 0 Å². The van der Waals surface area contributed by atoms with E-state index in [1.54, 1.807) is 17.4 Å². The van der Waals surface area contributed by atoms with Crippen LogP contribution in [0.1, 0.15) is 24.3 Å². The van der Waals surface area contributed by atoms with Crippen LogP contribution in [-0.2, 0) is 16.0 Å². The topological polar surface area (TPSA) is 71.1 Å². The second-order valence-corrected chi connectivity index (χ2v) is 7.58. The van der Waals surface area contributed by atoms with E-state index >= 15 is 0 Å². The first-order valence-corrected chi connectivity index (χ1v) is 9.54. The third-order valence-electron chi connectivity index (χ3n) is 4.27. The molecule has 1 aromatic heterocycles. The highest BCUT2D eigenvalue weighted by molar-refractivity contribution is 7.18. The van der Waals surface area contributed by atoms with Gasteiger partial charge in [0.15, 0.2) is 0 Å². The summed E-state index contributed by atoms with van der Waals surface area (Å²) >= 11 is 1.62. The molecular formula is C20H19N3O2S. The second kappa shape index (κ2) is 7.25.